The molecule has 3 rings (SSSR count). The summed E-state index contributed by atoms with van der Waals surface area (Å²) in [7, 11) is 0. The number of rotatable bonds is 4. The topological polar surface area (TPSA) is 87.2 Å². The van der Waals surface area contributed by atoms with Crippen LogP contribution in [-0.2, 0) is 21.5 Å². The van der Waals surface area contributed by atoms with Gasteiger partial charge >= 0.3 is 5.97 Å². The highest BCUT2D eigenvalue weighted by atomic mass is 19.1. The number of esters is 1. The first-order valence-corrected chi connectivity index (χ1v) is 8.12. The van der Waals surface area contributed by atoms with E-state index < -0.39 is 16.8 Å². The molecule has 0 amide bonds. The van der Waals surface area contributed by atoms with E-state index in [1.807, 2.05) is 0 Å². The van der Waals surface area contributed by atoms with Crippen molar-refractivity contribution in [3.63, 3.8) is 0 Å². The van der Waals surface area contributed by atoms with Gasteiger partial charge in [-0.3, -0.25) is 9.59 Å². The number of halogens is 1. The highest BCUT2D eigenvalue weighted by molar-refractivity contribution is 5.83. The lowest BCUT2D eigenvalue weighted by molar-refractivity contribution is -0.166. The van der Waals surface area contributed by atoms with Crippen molar-refractivity contribution < 1.29 is 18.4 Å². The van der Waals surface area contributed by atoms with Gasteiger partial charge in [-0.25, -0.2) is 4.39 Å². The molecule has 1 aliphatic rings. The van der Waals surface area contributed by atoms with E-state index in [4.69, 9.17) is 9.26 Å². The highest BCUT2D eigenvalue weighted by Gasteiger charge is 2.52. The van der Waals surface area contributed by atoms with E-state index in [2.05, 4.69) is 10.1 Å². The number of carbonyl (C=O) groups is 1. The first-order chi connectivity index (χ1) is 11.7. The summed E-state index contributed by atoms with van der Waals surface area (Å²) < 4.78 is 25.1. The van der Waals surface area contributed by atoms with Crippen LogP contribution in [-0.4, -0.2) is 26.3 Å². The summed E-state index contributed by atoms with van der Waals surface area (Å²) in [5.41, 5.74) is -1.89. The molecule has 134 valence electrons. The molecule has 0 bridgehead atoms. The predicted molar refractivity (Wildman–Crippen MR) is 85.4 cm³/mol. The Balaban J connectivity index is 1.83. The van der Waals surface area contributed by atoms with Gasteiger partial charge in [-0.1, -0.05) is 11.6 Å². The fraction of sp³-hybridized carbons (Fsp3) is 0.529. The second-order valence-corrected chi connectivity index (χ2v) is 7.26. The lowest BCUT2D eigenvalue weighted by atomic mass is 9.68. The molecule has 0 radical (unpaired) electrons. The number of hydrogen-bond acceptors (Lipinski definition) is 6. The fourth-order valence-electron chi connectivity index (χ4n) is 2.71. The van der Waals surface area contributed by atoms with Crippen molar-refractivity contribution in [2.75, 3.05) is 0 Å². The standard InChI is InChI=1S/C17H20FN3O4/c1-16(2,3)24-15(23)17(7-4-8-17)14-19-12(25-20-14)10-21-9-11(18)5-6-13(21)22/h5-6,9H,4,7-8,10H2,1-3H3. The van der Waals surface area contributed by atoms with E-state index in [0.717, 1.165) is 29.3 Å². The Kier molecular flexibility index (Phi) is 4.22. The van der Waals surface area contributed by atoms with Gasteiger partial charge in [0, 0.05) is 12.3 Å². The molecule has 1 aliphatic carbocycles. The van der Waals surface area contributed by atoms with Gasteiger partial charge in [-0.2, -0.15) is 4.98 Å². The summed E-state index contributed by atoms with van der Waals surface area (Å²) in [5, 5.41) is 3.91. The first-order valence-electron chi connectivity index (χ1n) is 8.12. The Morgan fingerprint density at radius 2 is 2.12 bits per heavy atom. The van der Waals surface area contributed by atoms with Gasteiger partial charge < -0.3 is 13.8 Å². The van der Waals surface area contributed by atoms with Crippen LogP contribution in [0.25, 0.3) is 0 Å². The zero-order valence-corrected chi connectivity index (χ0v) is 14.4. The first kappa shape index (κ1) is 17.3. The van der Waals surface area contributed by atoms with Crippen LogP contribution < -0.4 is 5.56 Å². The molecular weight excluding hydrogens is 329 g/mol. The number of carbonyl (C=O) groups excluding carboxylic acids is 1. The summed E-state index contributed by atoms with van der Waals surface area (Å²) in [5.74, 6) is -0.518. The van der Waals surface area contributed by atoms with Crippen molar-refractivity contribution in [3.05, 3.63) is 46.2 Å². The zero-order valence-electron chi connectivity index (χ0n) is 14.4. The van der Waals surface area contributed by atoms with Gasteiger partial charge in [-0.15, -0.1) is 0 Å². The summed E-state index contributed by atoms with van der Waals surface area (Å²) in [6.45, 7) is 5.34. The van der Waals surface area contributed by atoms with Gasteiger partial charge in [0.2, 0.25) is 5.89 Å². The minimum atomic E-state index is -0.901. The summed E-state index contributed by atoms with van der Waals surface area (Å²) in [6.07, 6.45) is 3.10. The van der Waals surface area contributed by atoms with Crippen LogP contribution in [0, 0.1) is 5.82 Å². The second kappa shape index (κ2) is 6.09. The molecule has 0 unspecified atom stereocenters. The molecule has 0 aromatic carbocycles. The fourth-order valence-corrected chi connectivity index (χ4v) is 2.71. The molecule has 0 aliphatic heterocycles. The normalized spacial score (nSPS) is 16.3. The number of pyridine rings is 1. The lowest BCUT2D eigenvalue weighted by Gasteiger charge is -2.38. The molecule has 0 spiro atoms. The smallest absolute Gasteiger partial charge is 0.320 e. The SMILES string of the molecule is CC(C)(C)OC(=O)C1(c2noc(Cn3cc(F)ccc3=O)n2)CCC1. The Labute approximate surface area is 143 Å². The van der Waals surface area contributed by atoms with Crippen LogP contribution in [0.5, 0.6) is 0 Å². The summed E-state index contributed by atoms with van der Waals surface area (Å²) >= 11 is 0. The van der Waals surface area contributed by atoms with E-state index in [0.29, 0.717) is 12.8 Å². The average Bonchev–Trinajstić information content (AvgIpc) is 2.88. The van der Waals surface area contributed by atoms with E-state index in [1.54, 1.807) is 20.8 Å². The van der Waals surface area contributed by atoms with E-state index in [1.165, 1.54) is 0 Å². The van der Waals surface area contributed by atoms with E-state index in [9.17, 15) is 14.0 Å². The summed E-state index contributed by atoms with van der Waals surface area (Å²) in [6, 6.07) is 2.21. The van der Waals surface area contributed by atoms with E-state index >= 15 is 0 Å². The van der Waals surface area contributed by atoms with E-state index in [-0.39, 0.29) is 29.8 Å². The molecule has 7 nitrogen and oxygen atoms in total. The van der Waals surface area contributed by atoms with Crippen molar-refractivity contribution in [1.82, 2.24) is 14.7 Å². The Bertz CT molecular complexity index is 846. The van der Waals surface area contributed by atoms with Crippen LogP contribution in [0.3, 0.4) is 0 Å². The highest BCUT2D eigenvalue weighted by Crippen LogP contribution is 2.44. The van der Waals surface area contributed by atoms with Gasteiger partial charge in [-0.05, 0) is 39.7 Å². The third-order valence-electron chi connectivity index (χ3n) is 4.15. The third-order valence-corrected chi connectivity index (χ3v) is 4.15. The number of hydrogen-bond donors (Lipinski definition) is 0. The van der Waals surface area contributed by atoms with Crippen molar-refractivity contribution in [1.29, 1.82) is 0 Å². The Hall–Kier alpha value is -2.51. The van der Waals surface area contributed by atoms with Gasteiger partial charge in [0.25, 0.3) is 5.56 Å². The van der Waals surface area contributed by atoms with Crippen LogP contribution in [0.2, 0.25) is 0 Å². The summed E-state index contributed by atoms with van der Waals surface area (Å²) in [4.78, 5) is 28.6. The van der Waals surface area contributed by atoms with Gasteiger partial charge in [0.15, 0.2) is 5.82 Å². The Morgan fingerprint density at radius 3 is 2.72 bits per heavy atom. The maximum Gasteiger partial charge on any atom is 0.320 e. The van der Waals surface area contributed by atoms with Gasteiger partial charge in [0.05, 0.1) is 0 Å². The monoisotopic (exact) mass is 349 g/mol. The average molecular weight is 349 g/mol. The third kappa shape index (κ3) is 3.47. The molecular formula is C17H20FN3O4. The van der Waals surface area contributed by atoms with Gasteiger partial charge in [0.1, 0.15) is 23.4 Å². The number of ether oxygens (including phenoxy) is 1. The van der Waals surface area contributed by atoms with Crippen molar-refractivity contribution in [3.8, 4) is 0 Å². The largest absolute Gasteiger partial charge is 0.459 e. The van der Waals surface area contributed by atoms with Crippen LogP contribution in [0.15, 0.2) is 27.6 Å². The molecule has 2 aromatic rings. The van der Waals surface area contributed by atoms with Crippen molar-refractivity contribution in [2.45, 2.75) is 57.6 Å². The molecule has 0 N–H and O–H groups in total. The Morgan fingerprint density at radius 1 is 1.40 bits per heavy atom. The molecule has 25 heavy (non-hydrogen) atoms. The quantitative estimate of drug-likeness (QED) is 0.786. The molecule has 8 heteroatoms. The van der Waals surface area contributed by atoms with Crippen LogP contribution in [0.1, 0.15) is 51.7 Å². The van der Waals surface area contributed by atoms with Crippen molar-refractivity contribution >= 4 is 5.97 Å². The second-order valence-electron chi connectivity index (χ2n) is 7.26. The molecule has 0 saturated heterocycles. The van der Waals surface area contributed by atoms with Crippen LogP contribution >= 0.6 is 0 Å². The zero-order chi connectivity index (χ0) is 18.2. The maximum absolute atomic E-state index is 13.3. The predicted octanol–water partition coefficient (Wildman–Crippen LogP) is 2.18. The number of nitrogens with zero attached hydrogens (tertiary/aromatic N) is 3. The molecule has 0 atom stereocenters. The van der Waals surface area contributed by atoms with Crippen molar-refractivity contribution in [2.24, 2.45) is 0 Å². The molecule has 1 saturated carbocycles. The lowest BCUT2D eigenvalue weighted by Crippen LogP contribution is -2.47. The minimum Gasteiger partial charge on any atom is -0.459 e. The molecule has 2 heterocycles. The minimum absolute atomic E-state index is 0.0615. The molecule has 1 fully saturated rings. The molecule has 2 aromatic heterocycles. The number of aromatic nitrogens is 3. The van der Waals surface area contributed by atoms with Crippen LogP contribution in [0.4, 0.5) is 4.39 Å². The maximum atomic E-state index is 13.3.